The molecular weight excluding hydrogens is 432 g/mol. The van der Waals surface area contributed by atoms with Crippen molar-refractivity contribution in [1.82, 2.24) is 9.29 Å². The Morgan fingerprint density at radius 2 is 1.69 bits per heavy atom. The van der Waals surface area contributed by atoms with Crippen LogP contribution in [0, 0.1) is 0 Å². The number of esters is 1. The number of sulfonamides is 1. The molecule has 0 atom stereocenters. The predicted molar refractivity (Wildman–Crippen MR) is 115 cm³/mol. The molecule has 8 nitrogen and oxygen atoms in total. The maximum absolute atomic E-state index is 12.6. The van der Waals surface area contributed by atoms with Gasteiger partial charge in [-0.25, -0.2) is 13.4 Å². The number of ketones is 1. The fourth-order valence-electron chi connectivity index (χ4n) is 3.42. The van der Waals surface area contributed by atoms with Crippen LogP contribution in [-0.4, -0.2) is 49.2 Å². The van der Waals surface area contributed by atoms with Gasteiger partial charge < -0.3 is 9.15 Å². The Morgan fingerprint density at radius 3 is 2.38 bits per heavy atom. The fourth-order valence-corrected chi connectivity index (χ4v) is 4.94. The summed E-state index contributed by atoms with van der Waals surface area (Å²) in [7, 11) is -3.54. The van der Waals surface area contributed by atoms with Gasteiger partial charge in [-0.2, -0.15) is 4.31 Å². The molecule has 4 rings (SSSR count). The van der Waals surface area contributed by atoms with Gasteiger partial charge in [-0.05, 0) is 49.2 Å². The molecular formula is C23H22N2O6S. The van der Waals surface area contributed by atoms with Crippen LogP contribution in [0.15, 0.2) is 70.2 Å². The van der Waals surface area contributed by atoms with Crippen LogP contribution in [0.5, 0.6) is 0 Å². The molecule has 1 saturated heterocycles. The van der Waals surface area contributed by atoms with E-state index >= 15 is 0 Å². The average Bonchev–Trinajstić information content (AvgIpc) is 3.51. The summed E-state index contributed by atoms with van der Waals surface area (Å²) in [4.78, 5) is 28.8. The highest BCUT2D eigenvalue weighted by molar-refractivity contribution is 7.89. The van der Waals surface area contributed by atoms with Gasteiger partial charge >= 0.3 is 5.97 Å². The van der Waals surface area contributed by atoms with Crippen LogP contribution in [0.4, 0.5) is 0 Å². The number of benzene rings is 2. The summed E-state index contributed by atoms with van der Waals surface area (Å²) in [6.45, 7) is 0.578. The molecule has 0 bridgehead atoms. The lowest BCUT2D eigenvalue weighted by Gasteiger charge is -2.15. The van der Waals surface area contributed by atoms with Gasteiger partial charge in [0.1, 0.15) is 6.26 Å². The zero-order valence-electron chi connectivity index (χ0n) is 17.3. The van der Waals surface area contributed by atoms with E-state index in [4.69, 9.17) is 9.15 Å². The summed E-state index contributed by atoms with van der Waals surface area (Å²) in [5, 5.41) is 0. The van der Waals surface area contributed by atoms with Gasteiger partial charge in [-0.3, -0.25) is 9.59 Å². The summed E-state index contributed by atoms with van der Waals surface area (Å²) >= 11 is 0. The predicted octanol–water partition coefficient (Wildman–Crippen LogP) is 3.09. The molecule has 32 heavy (non-hydrogen) atoms. The maximum Gasteiger partial charge on any atom is 0.312 e. The molecule has 1 aliphatic heterocycles. The van der Waals surface area contributed by atoms with E-state index in [1.807, 2.05) is 30.3 Å². The van der Waals surface area contributed by atoms with Crippen molar-refractivity contribution in [3.8, 4) is 11.5 Å². The Hall–Kier alpha value is -3.30. The highest BCUT2D eigenvalue weighted by Crippen LogP contribution is 2.21. The minimum atomic E-state index is -3.54. The SMILES string of the molecule is O=C(Cc1coc(-c2ccccc2)n1)OCC(=O)c1ccc(S(=O)(=O)N2CCCC2)cc1. The van der Waals surface area contributed by atoms with Crippen LogP contribution in [0.3, 0.4) is 0 Å². The molecule has 2 heterocycles. The lowest BCUT2D eigenvalue weighted by molar-refractivity contribution is -0.141. The van der Waals surface area contributed by atoms with Crippen molar-refractivity contribution in [2.24, 2.45) is 0 Å². The highest BCUT2D eigenvalue weighted by Gasteiger charge is 2.27. The summed E-state index contributed by atoms with van der Waals surface area (Å²) < 4.78 is 37.0. The third-order valence-electron chi connectivity index (χ3n) is 5.14. The average molecular weight is 455 g/mol. The van der Waals surface area contributed by atoms with E-state index in [0.29, 0.717) is 24.7 Å². The Balaban J connectivity index is 1.31. The molecule has 0 radical (unpaired) electrons. The minimum absolute atomic E-state index is 0.128. The first-order valence-electron chi connectivity index (χ1n) is 10.2. The summed E-state index contributed by atoms with van der Waals surface area (Å²) in [5.74, 6) is -0.637. The van der Waals surface area contributed by atoms with Crippen molar-refractivity contribution in [3.63, 3.8) is 0 Å². The topological polar surface area (TPSA) is 107 Å². The van der Waals surface area contributed by atoms with Crippen molar-refractivity contribution in [2.45, 2.75) is 24.2 Å². The molecule has 9 heteroatoms. The minimum Gasteiger partial charge on any atom is -0.457 e. The molecule has 1 aliphatic rings. The Kier molecular flexibility index (Phi) is 6.48. The van der Waals surface area contributed by atoms with Gasteiger partial charge in [0.15, 0.2) is 12.4 Å². The van der Waals surface area contributed by atoms with E-state index in [2.05, 4.69) is 4.98 Å². The number of carbonyl (C=O) groups is 2. The van der Waals surface area contributed by atoms with Gasteiger partial charge in [0.05, 0.1) is 17.0 Å². The van der Waals surface area contributed by atoms with Crippen molar-refractivity contribution >= 4 is 21.8 Å². The van der Waals surface area contributed by atoms with Crippen molar-refractivity contribution < 1.29 is 27.2 Å². The second-order valence-corrected chi connectivity index (χ2v) is 9.34. The van der Waals surface area contributed by atoms with Crippen LogP contribution in [0.2, 0.25) is 0 Å². The molecule has 1 aromatic heterocycles. The van der Waals surface area contributed by atoms with Crippen LogP contribution in [0.25, 0.3) is 11.5 Å². The summed E-state index contributed by atoms with van der Waals surface area (Å²) in [5.41, 5.74) is 1.46. The van der Waals surface area contributed by atoms with E-state index in [1.54, 1.807) is 0 Å². The van der Waals surface area contributed by atoms with E-state index in [1.165, 1.54) is 34.8 Å². The Bertz CT molecular complexity index is 1200. The molecule has 0 amide bonds. The number of hydrogen-bond acceptors (Lipinski definition) is 7. The molecule has 2 aromatic carbocycles. The molecule has 0 N–H and O–H groups in total. The molecule has 0 aliphatic carbocycles. The first-order valence-corrected chi connectivity index (χ1v) is 11.7. The van der Waals surface area contributed by atoms with Crippen LogP contribution in [-0.2, 0) is 26.0 Å². The largest absolute Gasteiger partial charge is 0.457 e. The van der Waals surface area contributed by atoms with Crippen molar-refractivity contribution in [1.29, 1.82) is 0 Å². The van der Waals surface area contributed by atoms with E-state index < -0.39 is 28.4 Å². The van der Waals surface area contributed by atoms with Gasteiger partial charge in [-0.1, -0.05) is 18.2 Å². The molecule has 0 unspecified atom stereocenters. The number of ether oxygens (including phenoxy) is 1. The van der Waals surface area contributed by atoms with Crippen LogP contribution in [0.1, 0.15) is 28.9 Å². The third kappa shape index (κ3) is 4.95. The normalized spacial score (nSPS) is 14.4. The second kappa shape index (κ2) is 9.46. The summed E-state index contributed by atoms with van der Waals surface area (Å²) in [6, 6.07) is 14.9. The number of aromatic nitrogens is 1. The first kappa shape index (κ1) is 21.9. The van der Waals surface area contributed by atoms with Gasteiger partial charge in [0.2, 0.25) is 15.9 Å². The van der Waals surface area contributed by atoms with Crippen LogP contribution < -0.4 is 0 Å². The van der Waals surface area contributed by atoms with E-state index in [0.717, 1.165) is 18.4 Å². The number of carbonyl (C=O) groups excluding carboxylic acids is 2. The number of nitrogens with zero attached hydrogens (tertiary/aromatic N) is 2. The molecule has 0 spiro atoms. The summed E-state index contributed by atoms with van der Waals surface area (Å²) in [6.07, 6.45) is 2.95. The molecule has 1 fully saturated rings. The molecule has 0 saturated carbocycles. The lowest BCUT2D eigenvalue weighted by atomic mass is 10.1. The monoisotopic (exact) mass is 454 g/mol. The first-order chi connectivity index (χ1) is 15.4. The fraction of sp³-hybridized carbons (Fsp3) is 0.261. The third-order valence-corrected chi connectivity index (χ3v) is 7.05. The van der Waals surface area contributed by atoms with Gasteiger partial charge in [0, 0.05) is 24.2 Å². The Morgan fingerprint density at radius 1 is 1.00 bits per heavy atom. The van der Waals surface area contributed by atoms with Gasteiger partial charge in [0.25, 0.3) is 0 Å². The van der Waals surface area contributed by atoms with E-state index in [-0.39, 0.29) is 16.9 Å². The number of oxazole rings is 1. The van der Waals surface area contributed by atoms with Gasteiger partial charge in [-0.15, -0.1) is 0 Å². The second-order valence-electron chi connectivity index (χ2n) is 7.41. The smallest absolute Gasteiger partial charge is 0.312 e. The Labute approximate surface area is 185 Å². The van der Waals surface area contributed by atoms with Crippen molar-refractivity contribution in [2.75, 3.05) is 19.7 Å². The standard InChI is InChI=1S/C23H22N2O6S/c26-21(17-8-10-20(11-9-17)32(28,29)25-12-4-5-13-25)16-30-22(27)14-19-15-31-23(24-19)18-6-2-1-3-7-18/h1-3,6-11,15H,4-5,12-14,16H2. The molecule has 166 valence electrons. The van der Waals surface area contributed by atoms with Crippen LogP contribution >= 0.6 is 0 Å². The number of rotatable bonds is 8. The zero-order chi connectivity index (χ0) is 22.6. The zero-order valence-corrected chi connectivity index (χ0v) is 18.1. The molecule has 3 aromatic rings. The van der Waals surface area contributed by atoms with E-state index in [9.17, 15) is 18.0 Å². The maximum atomic E-state index is 12.6. The highest BCUT2D eigenvalue weighted by atomic mass is 32.2. The quantitative estimate of drug-likeness (QED) is 0.380. The van der Waals surface area contributed by atoms with Crippen molar-refractivity contribution in [3.05, 3.63) is 72.1 Å². The number of hydrogen-bond donors (Lipinski definition) is 0. The number of Topliss-reactive ketones (excluding diaryl/α,β-unsaturated/α-hetero) is 1. The lowest BCUT2D eigenvalue weighted by Crippen LogP contribution is -2.27.